The summed E-state index contributed by atoms with van der Waals surface area (Å²) < 4.78 is 78.4. The zero-order valence-corrected chi connectivity index (χ0v) is 16.9. The summed E-state index contributed by atoms with van der Waals surface area (Å²) in [4.78, 5) is 19.2. The number of nitrogens with one attached hydrogen (secondary N) is 2. The molecule has 3 rings (SSSR count). The Hall–Kier alpha value is -2.34. The molecule has 32 heavy (non-hydrogen) atoms. The number of alkyl halides is 5. The lowest BCUT2D eigenvalue weighted by molar-refractivity contribution is -0.139. The monoisotopic (exact) mass is 466 g/mol. The maximum absolute atomic E-state index is 15.2. The van der Waals surface area contributed by atoms with Crippen LogP contribution in [0.2, 0.25) is 0 Å². The van der Waals surface area contributed by atoms with Crippen LogP contribution in [0.5, 0.6) is 0 Å². The fraction of sp³-hybridized carbons (Fsp3) is 0.600. The summed E-state index contributed by atoms with van der Waals surface area (Å²) >= 11 is 0. The number of halogens is 6. The molecule has 1 heterocycles. The summed E-state index contributed by atoms with van der Waals surface area (Å²) in [6, 6.07) is 1.84. The highest BCUT2D eigenvalue weighted by Crippen LogP contribution is 2.34. The topological polar surface area (TPSA) is 104 Å². The molecule has 178 valence electrons. The summed E-state index contributed by atoms with van der Waals surface area (Å²) in [5.41, 5.74) is 5.78. The molecule has 1 aliphatic carbocycles. The summed E-state index contributed by atoms with van der Waals surface area (Å²) in [6.45, 7) is -1.72. The molecule has 1 aromatic carbocycles. The molecule has 0 saturated heterocycles. The number of aliphatic hydroxyl groups excluding tert-OH is 1. The van der Waals surface area contributed by atoms with Gasteiger partial charge in [0.25, 0.3) is 0 Å². The third-order valence-electron chi connectivity index (χ3n) is 5.77. The number of nitrogens with zero attached hydrogens (tertiary/aromatic N) is 1. The number of imidazole rings is 1. The number of hydrogen-bond acceptors (Lipinski definition) is 4. The van der Waals surface area contributed by atoms with Gasteiger partial charge in [-0.2, -0.15) is 13.2 Å². The van der Waals surface area contributed by atoms with Gasteiger partial charge in [-0.25, -0.2) is 18.2 Å². The van der Waals surface area contributed by atoms with E-state index in [1.807, 2.05) is 0 Å². The third-order valence-corrected chi connectivity index (χ3v) is 5.77. The van der Waals surface area contributed by atoms with Crippen LogP contribution in [0.4, 0.5) is 26.3 Å². The minimum Gasteiger partial charge on any atom is -0.393 e. The van der Waals surface area contributed by atoms with Crippen molar-refractivity contribution in [1.29, 1.82) is 0 Å². The predicted molar refractivity (Wildman–Crippen MR) is 103 cm³/mol. The van der Waals surface area contributed by atoms with Gasteiger partial charge in [0.1, 0.15) is 17.9 Å². The van der Waals surface area contributed by atoms with E-state index in [4.69, 9.17) is 5.73 Å². The lowest BCUT2D eigenvalue weighted by atomic mass is 9.82. The number of H-pyrrole nitrogens is 1. The van der Waals surface area contributed by atoms with E-state index < -0.39 is 54.8 Å². The number of rotatable bonds is 7. The summed E-state index contributed by atoms with van der Waals surface area (Å²) in [5, 5.41) is 11.2. The molecule has 0 spiro atoms. The first-order valence-electron chi connectivity index (χ1n) is 10.2. The van der Waals surface area contributed by atoms with Gasteiger partial charge in [-0.1, -0.05) is 6.07 Å². The van der Waals surface area contributed by atoms with Crippen molar-refractivity contribution in [2.75, 3.05) is 6.54 Å². The zero-order chi connectivity index (χ0) is 23.6. The molecular weight excluding hydrogens is 442 g/mol. The fourth-order valence-electron chi connectivity index (χ4n) is 4.05. The van der Waals surface area contributed by atoms with E-state index in [1.165, 1.54) is 11.4 Å². The van der Waals surface area contributed by atoms with Gasteiger partial charge in [-0.3, -0.25) is 4.79 Å². The first-order valence-corrected chi connectivity index (χ1v) is 10.2. The number of benzene rings is 1. The van der Waals surface area contributed by atoms with Crippen molar-refractivity contribution in [3.8, 4) is 0 Å². The highest BCUT2D eigenvalue weighted by molar-refractivity contribution is 5.86. The van der Waals surface area contributed by atoms with E-state index in [1.54, 1.807) is 0 Å². The minimum absolute atomic E-state index is 0.00113. The maximum Gasteiger partial charge on any atom is 0.405 e. The Kier molecular flexibility index (Phi) is 7.33. The van der Waals surface area contributed by atoms with Crippen LogP contribution in [0.25, 0.3) is 11.0 Å². The smallest absolute Gasteiger partial charge is 0.393 e. The zero-order valence-electron chi connectivity index (χ0n) is 16.9. The van der Waals surface area contributed by atoms with Crippen molar-refractivity contribution < 1.29 is 36.2 Å². The van der Waals surface area contributed by atoms with Crippen LogP contribution in [0, 0.1) is 11.7 Å². The predicted octanol–water partition coefficient (Wildman–Crippen LogP) is 3.67. The van der Waals surface area contributed by atoms with Gasteiger partial charge >= 0.3 is 6.18 Å². The summed E-state index contributed by atoms with van der Waals surface area (Å²) in [6.07, 6.45) is -6.84. The molecule has 1 amide bonds. The van der Waals surface area contributed by atoms with Crippen LogP contribution in [0.3, 0.4) is 0 Å². The van der Waals surface area contributed by atoms with E-state index in [2.05, 4.69) is 9.97 Å². The van der Waals surface area contributed by atoms with E-state index >= 15 is 4.39 Å². The second kappa shape index (κ2) is 9.65. The van der Waals surface area contributed by atoms with Crippen LogP contribution >= 0.6 is 0 Å². The van der Waals surface area contributed by atoms with Crippen molar-refractivity contribution in [2.45, 2.75) is 62.8 Å². The molecule has 0 aliphatic heterocycles. The molecule has 12 heteroatoms. The maximum atomic E-state index is 15.2. The van der Waals surface area contributed by atoms with Crippen molar-refractivity contribution in [3.05, 3.63) is 29.3 Å². The number of aromatic amines is 1. The second-order valence-corrected chi connectivity index (χ2v) is 8.09. The standard InChI is InChI=1S/C20H24F6N4O2/c21-14(22)7-12(19(32)28-8-20(24,25)26)11-5-6-13-17(15(11)23)30-18(29-13)16(27)9-1-3-10(31)4-2-9/h5-6,9-10,12,14,16,31H,1-4,7-8,27H2,(H,28,32)(H,29,30). The molecule has 2 aromatic rings. The quantitative estimate of drug-likeness (QED) is 0.468. The number of fused-ring (bicyclic) bond motifs is 1. The van der Waals surface area contributed by atoms with Crippen LogP contribution in [0.15, 0.2) is 12.1 Å². The largest absolute Gasteiger partial charge is 0.405 e. The Balaban J connectivity index is 1.88. The van der Waals surface area contributed by atoms with Gasteiger partial charge in [0.15, 0.2) is 5.82 Å². The Morgan fingerprint density at radius 1 is 1.25 bits per heavy atom. The first kappa shape index (κ1) is 24.3. The fourth-order valence-corrected chi connectivity index (χ4v) is 4.05. The van der Waals surface area contributed by atoms with Crippen molar-refractivity contribution in [3.63, 3.8) is 0 Å². The van der Waals surface area contributed by atoms with Crippen LogP contribution in [-0.4, -0.2) is 46.2 Å². The first-order chi connectivity index (χ1) is 15.0. The normalized spacial score (nSPS) is 21.7. The molecule has 1 saturated carbocycles. The molecule has 2 unspecified atom stereocenters. The lowest BCUT2D eigenvalue weighted by Gasteiger charge is -2.28. The number of hydrogen-bond donors (Lipinski definition) is 4. The van der Waals surface area contributed by atoms with E-state index in [0.717, 1.165) is 6.07 Å². The Bertz CT molecular complexity index is 940. The van der Waals surface area contributed by atoms with E-state index in [0.29, 0.717) is 25.7 Å². The number of aliphatic hydroxyl groups is 1. The summed E-state index contributed by atoms with van der Waals surface area (Å²) in [7, 11) is 0. The van der Waals surface area contributed by atoms with Gasteiger partial charge in [0.05, 0.1) is 23.6 Å². The van der Waals surface area contributed by atoms with Crippen molar-refractivity contribution in [1.82, 2.24) is 15.3 Å². The van der Waals surface area contributed by atoms with Gasteiger partial charge in [0.2, 0.25) is 12.3 Å². The second-order valence-electron chi connectivity index (χ2n) is 8.09. The molecule has 1 fully saturated rings. The molecule has 0 bridgehead atoms. The average molecular weight is 466 g/mol. The Morgan fingerprint density at radius 3 is 2.50 bits per heavy atom. The number of nitrogens with two attached hydrogens (primary N) is 1. The van der Waals surface area contributed by atoms with Crippen molar-refractivity contribution in [2.24, 2.45) is 11.7 Å². The van der Waals surface area contributed by atoms with Gasteiger partial charge in [-0.05, 0) is 37.7 Å². The molecule has 1 aromatic heterocycles. The van der Waals surface area contributed by atoms with E-state index in [9.17, 15) is 31.9 Å². The average Bonchev–Trinajstić information content (AvgIpc) is 3.15. The molecular formula is C20H24F6N4O2. The molecule has 0 radical (unpaired) electrons. The number of carbonyl (C=O) groups is 1. The van der Waals surface area contributed by atoms with Crippen LogP contribution < -0.4 is 11.1 Å². The number of carbonyl (C=O) groups excluding carboxylic acids is 1. The molecule has 5 N–H and O–H groups in total. The lowest BCUT2D eigenvalue weighted by Crippen LogP contribution is -2.37. The van der Waals surface area contributed by atoms with Crippen LogP contribution in [-0.2, 0) is 4.79 Å². The van der Waals surface area contributed by atoms with Crippen molar-refractivity contribution >= 4 is 16.9 Å². The number of aromatic nitrogens is 2. The molecule has 6 nitrogen and oxygen atoms in total. The SMILES string of the molecule is NC(c1nc2c(F)c(C(CC(F)F)C(=O)NCC(F)(F)F)ccc2[nH]1)C1CCC(O)CC1. The Labute approximate surface area is 179 Å². The van der Waals surface area contributed by atoms with Gasteiger partial charge < -0.3 is 21.1 Å². The highest BCUT2D eigenvalue weighted by Gasteiger charge is 2.33. The van der Waals surface area contributed by atoms with E-state index in [-0.39, 0.29) is 28.9 Å². The molecule has 1 aliphatic rings. The number of amides is 1. The highest BCUT2D eigenvalue weighted by atomic mass is 19.4. The van der Waals surface area contributed by atoms with Crippen LogP contribution in [0.1, 0.15) is 55.5 Å². The minimum atomic E-state index is -4.74. The van der Waals surface area contributed by atoms with Gasteiger partial charge in [-0.15, -0.1) is 0 Å². The summed E-state index contributed by atoms with van der Waals surface area (Å²) in [5.74, 6) is -3.97. The molecule has 2 atom stereocenters. The Morgan fingerprint density at radius 2 is 1.91 bits per heavy atom. The third kappa shape index (κ3) is 5.71. The van der Waals surface area contributed by atoms with Gasteiger partial charge in [0, 0.05) is 12.0 Å².